The number of amides is 2. The van der Waals surface area contributed by atoms with Crippen molar-refractivity contribution in [3.8, 4) is 0 Å². The summed E-state index contributed by atoms with van der Waals surface area (Å²) in [6.07, 6.45) is 2.62. The Bertz CT molecular complexity index is 809. The molecule has 0 aliphatic heterocycles. The Hall–Kier alpha value is -2.04. The van der Waals surface area contributed by atoms with Gasteiger partial charge in [0.1, 0.15) is 6.04 Å². The molecular weight excluding hydrogens is 407 g/mol. The normalized spacial score (nSPS) is 11.7. The molecule has 0 aliphatic carbocycles. The molecule has 0 spiro atoms. The Kier molecular flexibility index (Phi) is 9.49. The van der Waals surface area contributed by atoms with Gasteiger partial charge in [-0.25, -0.2) is 0 Å². The van der Waals surface area contributed by atoms with Crippen LogP contribution in [0.15, 0.2) is 48.5 Å². The molecule has 2 amide bonds. The molecule has 2 aromatic carbocycles. The average molecular weight is 435 g/mol. The van der Waals surface area contributed by atoms with Crippen LogP contribution in [0, 0.1) is 0 Å². The molecule has 0 radical (unpaired) electrons. The van der Waals surface area contributed by atoms with Crippen molar-refractivity contribution in [1.82, 2.24) is 10.2 Å². The van der Waals surface area contributed by atoms with E-state index in [0.717, 1.165) is 24.0 Å². The summed E-state index contributed by atoms with van der Waals surface area (Å²) in [5.74, 6) is -0.248. The third kappa shape index (κ3) is 7.06. The topological polar surface area (TPSA) is 49.4 Å². The van der Waals surface area contributed by atoms with Gasteiger partial charge in [0.25, 0.3) is 0 Å². The van der Waals surface area contributed by atoms with Gasteiger partial charge in [-0.1, -0.05) is 73.8 Å². The van der Waals surface area contributed by atoms with Crippen molar-refractivity contribution in [3.63, 3.8) is 0 Å². The summed E-state index contributed by atoms with van der Waals surface area (Å²) in [5, 5.41) is 4.16. The molecule has 0 saturated carbocycles. The Morgan fingerprint density at radius 3 is 2.34 bits per heavy atom. The number of benzene rings is 2. The summed E-state index contributed by atoms with van der Waals surface area (Å²) < 4.78 is 0. The molecule has 156 valence electrons. The minimum absolute atomic E-state index is 0.121. The van der Waals surface area contributed by atoms with E-state index in [1.807, 2.05) is 37.3 Å². The van der Waals surface area contributed by atoms with Crippen LogP contribution in [0.2, 0.25) is 10.0 Å². The molecule has 0 heterocycles. The predicted molar refractivity (Wildman–Crippen MR) is 119 cm³/mol. The van der Waals surface area contributed by atoms with Crippen molar-refractivity contribution in [2.24, 2.45) is 0 Å². The van der Waals surface area contributed by atoms with E-state index >= 15 is 0 Å². The zero-order chi connectivity index (χ0) is 21.2. The Morgan fingerprint density at radius 1 is 1.03 bits per heavy atom. The van der Waals surface area contributed by atoms with E-state index < -0.39 is 6.04 Å². The van der Waals surface area contributed by atoms with Crippen LogP contribution in [-0.4, -0.2) is 29.3 Å². The molecule has 1 unspecified atom stereocenters. The van der Waals surface area contributed by atoms with Crippen molar-refractivity contribution in [3.05, 3.63) is 69.7 Å². The highest BCUT2D eigenvalue weighted by Crippen LogP contribution is 2.21. The maximum Gasteiger partial charge on any atom is 0.242 e. The molecule has 1 N–H and O–H groups in total. The molecule has 1 atom stereocenters. The van der Waals surface area contributed by atoms with Crippen LogP contribution < -0.4 is 5.32 Å². The second-order valence-corrected chi connectivity index (χ2v) is 7.83. The number of nitrogens with one attached hydrogen (secondary N) is 1. The summed E-state index contributed by atoms with van der Waals surface area (Å²) in [5.41, 5.74) is 1.67. The third-order valence-electron chi connectivity index (χ3n) is 4.78. The smallest absolute Gasteiger partial charge is 0.242 e. The number of carbonyl (C=O) groups excluding carboxylic acids is 2. The molecule has 0 bridgehead atoms. The van der Waals surface area contributed by atoms with Gasteiger partial charge >= 0.3 is 0 Å². The Morgan fingerprint density at radius 2 is 1.72 bits per heavy atom. The molecule has 2 rings (SSSR count). The number of nitrogens with zero attached hydrogens (tertiary/aromatic N) is 1. The van der Waals surface area contributed by atoms with E-state index in [4.69, 9.17) is 23.2 Å². The van der Waals surface area contributed by atoms with E-state index in [1.165, 1.54) is 0 Å². The quantitative estimate of drug-likeness (QED) is 0.518. The van der Waals surface area contributed by atoms with Crippen molar-refractivity contribution < 1.29 is 9.59 Å². The van der Waals surface area contributed by atoms with E-state index in [1.54, 1.807) is 23.1 Å². The van der Waals surface area contributed by atoms with Gasteiger partial charge in [-0.3, -0.25) is 9.59 Å². The van der Waals surface area contributed by atoms with Crippen LogP contribution in [0.4, 0.5) is 0 Å². The van der Waals surface area contributed by atoms with Crippen molar-refractivity contribution in [2.75, 3.05) is 6.54 Å². The molecule has 29 heavy (non-hydrogen) atoms. The molecule has 6 heteroatoms. The summed E-state index contributed by atoms with van der Waals surface area (Å²) in [7, 11) is 0. The standard InChI is InChI=1S/C23H28Cl2N2O2/c1-3-5-14-26-23(29)21(4-2)27(16-18-8-6-7-9-20(18)25)22(28)15-17-10-12-19(24)13-11-17/h6-13,21H,3-5,14-16H2,1-2H3,(H,26,29). The third-order valence-corrected chi connectivity index (χ3v) is 5.40. The lowest BCUT2D eigenvalue weighted by atomic mass is 10.1. The van der Waals surface area contributed by atoms with Gasteiger partial charge in [-0.15, -0.1) is 0 Å². The molecule has 0 fully saturated rings. The first-order valence-electron chi connectivity index (χ1n) is 10.0. The molecule has 0 aliphatic rings. The number of rotatable bonds is 10. The van der Waals surface area contributed by atoms with Gasteiger partial charge in [0.15, 0.2) is 0 Å². The van der Waals surface area contributed by atoms with Gasteiger partial charge in [-0.2, -0.15) is 0 Å². The summed E-state index contributed by atoms with van der Waals surface area (Å²) >= 11 is 12.3. The van der Waals surface area contributed by atoms with Crippen molar-refractivity contribution >= 4 is 35.0 Å². The molecular formula is C23H28Cl2N2O2. The number of halogens is 2. The molecule has 4 nitrogen and oxygen atoms in total. The Labute approximate surface area is 183 Å². The lowest BCUT2D eigenvalue weighted by molar-refractivity contribution is -0.140. The minimum Gasteiger partial charge on any atom is -0.354 e. The van der Waals surface area contributed by atoms with Crippen LogP contribution in [0.5, 0.6) is 0 Å². The maximum atomic E-state index is 13.2. The monoisotopic (exact) mass is 434 g/mol. The van der Waals surface area contributed by atoms with Crippen LogP contribution >= 0.6 is 23.2 Å². The SMILES string of the molecule is CCCCNC(=O)C(CC)N(Cc1ccccc1Cl)C(=O)Cc1ccc(Cl)cc1. The predicted octanol–water partition coefficient (Wildman–Crippen LogP) is 5.26. The number of hydrogen-bond donors (Lipinski definition) is 1. The lowest BCUT2D eigenvalue weighted by Crippen LogP contribution is -2.49. The van der Waals surface area contributed by atoms with E-state index in [9.17, 15) is 9.59 Å². The highest BCUT2D eigenvalue weighted by Gasteiger charge is 2.28. The van der Waals surface area contributed by atoms with E-state index in [2.05, 4.69) is 12.2 Å². The summed E-state index contributed by atoms with van der Waals surface area (Å²) in [6, 6.07) is 14.0. The maximum absolute atomic E-state index is 13.2. The van der Waals surface area contributed by atoms with Crippen LogP contribution in [-0.2, 0) is 22.6 Å². The minimum atomic E-state index is -0.553. The Balaban J connectivity index is 2.25. The fourth-order valence-electron chi connectivity index (χ4n) is 3.11. The van der Waals surface area contributed by atoms with Gasteiger partial charge in [0.2, 0.25) is 11.8 Å². The van der Waals surface area contributed by atoms with Crippen molar-refractivity contribution in [2.45, 2.75) is 52.1 Å². The number of unbranched alkanes of at least 4 members (excludes halogenated alkanes) is 1. The first-order valence-corrected chi connectivity index (χ1v) is 10.8. The molecule has 2 aromatic rings. The van der Waals surface area contributed by atoms with Crippen LogP contribution in [0.1, 0.15) is 44.2 Å². The number of carbonyl (C=O) groups is 2. The van der Waals surface area contributed by atoms with Gasteiger partial charge in [-0.05, 0) is 42.2 Å². The summed E-state index contributed by atoms with van der Waals surface area (Å²) in [6.45, 7) is 4.88. The number of hydrogen-bond acceptors (Lipinski definition) is 2. The first-order chi connectivity index (χ1) is 14.0. The first kappa shape index (κ1) is 23.2. The molecule has 0 aromatic heterocycles. The largest absolute Gasteiger partial charge is 0.354 e. The van der Waals surface area contributed by atoms with Crippen LogP contribution in [0.25, 0.3) is 0 Å². The lowest BCUT2D eigenvalue weighted by Gasteiger charge is -2.31. The second kappa shape index (κ2) is 11.8. The zero-order valence-corrected chi connectivity index (χ0v) is 18.5. The fraction of sp³-hybridized carbons (Fsp3) is 0.391. The highest BCUT2D eigenvalue weighted by molar-refractivity contribution is 6.31. The van der Waals surface area contributed by atoms with E-state index in [-0.39, 0.29) is 24.8 Å². The molecule has 0 saturated heterocycles. The van der Waals surface area contributed by atoms with Gasteiger partial charge in [0, 0.05) is 23.1 Å². The average Bonchev–Trinajstić information content (AvgIpc) is 2.71. The highest BCUT2D eigenvalue weighted by atomic mass is 35.5. The van der Waals surface area contributed by atoms with Gasteiger partial charge < -0.3 is 10.2 Å². The summed E-state index contributed by atoms with van der Waals surface area (Å²) in [4.78, 5) is 27.7. The zero-order valence-electron chi connectivity index (χ0n) is 17.0. The van der Waals surface area contributed by atoms with Crippen LogP contribution in [0.3, 0.4) is 0 Å². The van der Waals surface area contributed by atoms with E-state index in [0.29, 0.717) is 23.0 Å². The van der Waals surface area contributed by atoms with Gasteiger partial charge in [0.05, 0.1) is 6.42 Å². The fourth-order valence-corrected chi connectivity index (χ4v) is 3.44. The van der Waals surface area contributed by atoms with Crippen molar-refractivity contribution in [1.29, 1.82) is 0 Å². The second-order valence-electron chi connectivity index (χ2n) is 6.98.